The SMILES string of the molecule is COc1cccc(OC)c1-c1cccc2c1[P@](C(C)(C)C)[C@@H](C(C)(C)OC)O2. The highest BCUT2D eigenvalue weighted by molar-refractivity contribution is 7.68. The van der Waals surface area contributed by atoms with Gasteiger partial charge >= 0.3 is 0 Å². The lowest BCUT2D eigenvalue weighted by atomic mass is 10.0. The number of rotatable bonds is 5. The lowest BCUT2D eigenvalue weighted by molar-refractivity contribution is -0.0296. The molecule has 1 aliphatic heterocycles. The Kier molecular flexibility index (Phi) is 5.67. The highest BCUT2D eigenvalue weighted by Gasteiger charge is 2.50. The molecule has 0 unspecified atom stereocenters. The molecule has 0 radical (unpaired) electrons. The molecule has 5 heteroatoms. The molecule has 1 heterocycles. The molecule has 0 aliphatic carbocycles. The number of methoxy groups -OCH3 is 3. The number of hydrogen-bond acceptors (Lipinski definition) is 4. The third-order valence-corrected chi connectivity index (χ3v) is 8.84. The molecule has 0 N–H and O–H groups in total. The van der Waals surface area contributed by atoms with Crippen molar-refractivity contribution in [3.05, 3.63) is 36.4 Å². The first-order valence-corrected chi connectivity index (χ1v) is 10.9. The number of ether oxygens (including phenoxy) is 4. The summed E-state index contributed by atoms with van der Waals surface area (Å²) in [5.41, 5.74) is 1.68. The van der Waals surface area contributed by atoms with Crippen molar-refractivity contribution in [3.63, 3.8) is 0 Å². The third-order valence-electron chi connectivity index (χ3n) is 5.25. The summed E-state index contributed by atoms with van der Waals surface area (Å²) >= 11 is 0. The fourth-order valence-electron chi connectivity index (χ4n) is 3.72. The monoisotopic (exact) mass is 402 g/mol. The van der Waals surface area contributed by atoms with Crippen LogP contribution in [-0.2, 0) is 4.74 Å². The summed E-state index contributed by atoms with van der Waals surface area (Å²) < 4.78 is 23.8. The highest BCUT2D eigenvalue weighted by atomic mass is 31.1. The first-order chi connectivity index (χ1) is 13.2. The molecular formula is C23H31O4P. The Bertz CT molecular complexity index is 832. The second-order valence-electron chi connectivity index (χ2n) is 8.51. The van der Waals surface area contributed by atoms with Crippen LogP contribution in [0.4, 0.5) is 0 Å². The van der Waals surface area contributed by atoms with Crippen LogP contribution in [0.25, 0.3) is 11.1 Å². The van der Waals surface area contributed by atoms with Crippen LogP contribution in [0.3, 0.4) is 0 Å². The van der Waals surface area contributed by atoms with Crippen molar-refractivity contribution in [2.24, 2.45) is 0 Å². The van der Waals surface area contributed by atoms with Gasteiger partial charge in [0.05, 0.1) is 19.8 Å². The second kappa shape index (κ2) is 7.57. The van der Waals surface area contributed by atoms with Gasteiger partial charge in [-0.05, 0) is 45.1 Å². The molecule has 152 valence electrons. The Hall–Kier alpha value is -1.77. The number of fused-ring (bicyclic) bond motifs is 1. The second-order valence-corrected chi connectivity index (χ2v) is 11.5. The molecular weight excluding hydrogens is 371 g/mol. The Morgan fingerprint density at radius 1 is 0.857 bits per heavy atom. The van der Waals surface area contributed by atoms with Crippen LogP contribution >= 0.6 is 7.92 Å². The molecule has 2 atom stereocenters. The van der Waals surface area contributed by atoms with E-state index >= 15 is 0 Å². The summed E-state index contributed by atoms with van der Waals surface area (Å²) in [5.74, 6) is 2.49. The number of benzene rings is 2. The molecule has 0 aromatic heterocycles. The van der Waals surface area contributed by atoms with Gasteiger partial charge < -0.3 is 18.9 Å². The average Bonchev–Trinajstić information content (AvgIpc) is 3.08. The maximum atomic E-state index is 6.53. The van der Waals surface area contributed by atoms with Crippen molar-refractivity contribution in [1.29, 1.82) is 0 Å². The van der Waals surface area contributed by atoms with Crippen molar-refractivity contribution in [3.8, 4) is 28.4 Å². The molecule has 1 aliphatic rings. The summed E-state index contributed by atoms with van der Waals surface area (Å²) in [6, 6.07) is 12.1. The molecule has 4 nitrogen and oxygen atoms in total. The topological polar surface area (TPSA) is 36.9 Å². The van der Waals surface area contributed by atoms with Crippen molar-refractivity contribution >= 4 is 13.2 Å². The van der Waals surface area contributed by atoms with E-state index in [1.54, 1.807) is 21.3 Å². The highest BCUT2D eigenvalue weighted by Crippen LogP contribution is 2.63. The molecule has 0 saturated heterocycles. The standard InChI is InChI=1S/C23H31O4P/c1-22(2,3)28-20-15(19-16(24-6)12-10-13-17(19)25-7)11-9-14-18(20)27-21(28)23(4,5)26-8/h9-14,21H,1-8H3/t21-,28-/m0/s1. The third kappa shape index (κ3) is 3.49. The lowest BCUT2D eigenvalue weighted by Gasteiger charge is -2.39. The van der Waals surface area contributed by atoms with Gasteiger partial charge in [0.15, 0.2) is 0 Å². The zero-order valence-corrected chi connectivity index (χ0v) is 19.0. The van der Waals surface area contributed by atoms with Crippen LogP contribution in [-0.4, -0.2) is 37.9 Å². The van der Waals surface area contributed by atoms with Gasteiger partial charge in [-0.1, -0.05) is 39.0 Å². The molecule has 0 saturated carbocycles. The van der Waals surface area contributed by atoms with Gasteiger partial charge in [0.25, 0.3) is 0 Å². The Morgan fingerprint density at radius 3 is 1.93 bits per heavy atom. The van der Waals surface area contributed by atoms with Gasteiger partial charge in [-0.3, -0.25) is 0 Å². The van der Waals surface area contributed by atoms with E-state index in [0.717, 1.165) is 28.4 Å². The minimum Gasteiger partial charge on any atom is -0.496 e. The maximum absolute atomic E-state index is 6.53. The van der Waals surface area contributed by atoms with Crippen molar-refractivity contribution in [1.82, 2.24) is 0 Å². The van der Waals surface area contributed by atoms with Crippen LogP contribution in [0, 0.1) is 0 Å². The Labute approximate surface area is 169 Å². The van der Waals surface area contributed by atoms with E-state index in [2.05, 4.69) is 46.8 Å². The first-order valence-electron chi connectivity index (χ1n) is 9.51. The van der Waals surface area contributed by atoms with Crippen molar-refractivity contribution in [2.45, 2.75) is 51.2 Å². The van der Waals surface area contributed by atoms with Gasteiger partial charge in [0.1, 0.15) is 28.7 Å². The molecule has 28 heavy (non-hydrogen) atoms. The van der Waals surface area contributed by atoms with E-state index in [-0.39, 0.29) is 11.0 Å². The normalized spacial score (nSPS) is 19.1. The minimum absolute atomic E-state index is 0.0341. The van der Waals surface area contributed by atoms with Gasteiger partial charge in [0, 0.05) is 18.0 Å². The molecule has 0 bridgehead atoms. The summed E-state index contributed by atoms with van der Waals surface area (Å²) in [7, 11) is 4.45. The molecule has 2 aromatic carbocycles. The van der Waals surface area contributed by atoms with Crippen molar-refractivity contribution in [2.75, 3.05) is 21.3 Å². The van der Waals surface area contributed by atoms with Crippen LogP contribution in [0.5, 0.6) is 17.2 Å². The van der Waals surface area contributed by atoms with Gasteiger partial charge in [-0.2, -0.15) is 0 Å². The predicted molar refractivity (Wildman–Crippen MR) is 117 cm³/mol. The van der Waals surface area contributed by atoms with E-state index in [4.69, 9.17) is 18.9 Å². The van der Waals surface area contributed by atoms with E-state index in [1.807, 2.05) is 24.3 Å². The lowest BCUT2D eigenvalue weighted by Crippen LogP contribution is -2.42. The first kappa shape index (κ1) is 21.0. The fraction of sp³-hybridized carbons (Fsp3) is 0.478. The van der Waals surface area contributed by atoms with E-state index < -0.39 is 13.5 Å². The van der Waals surface area contributed by atoms with E-state index in [0.29, 0.717) is 0 Å². The van der Waals surface area contributed by atoms with Gasteiger partial charge in [-0.15, -0.1) is 0 Å². The van der Waals surface area contributed by atoms with Crippen molar-refractivity contribution < 1.29 is 18.9 Å². The Morgan fingerprint density at radius 2 is 1.43 bits per heavy atom. The molecule has 0 amide bonds. The van der Waals surface area contributed by atoms with E-state index in [9.17, 15) is 0 Å². The quantitative estimate of drug-likeness (QED) is 0.626. The van der Waals surface area contributed by atoms with Gasteiger partial charge in [-0.25, -0.2) is 0 Å². The smallest absolute Gasteiger partial charge is 0.150 e. The Balaban J connectivity index is 2.29. The molecule has 2 aromatic rings. The molecule has 0 fully saturated rings. The summed E-state index contributed by atoms with van der Waals surface area (Å²) in [6.07, 6.45) is 0. The van der Waals surface area contributed by atoms with Crippen LogP contribution in [0.1, 0.15) is 34.6 Å². The zero-order valence-electron chi connectivity index (χ0n) is 18.1. The van der Waals surface area contributed by atoms with Gasteiger partial charge in [0.2, 0.25) is 0 Å². The largest absolute Gasteiger partial charge is 0.496 e. The van der Waals surface area contributed by atoms with Crippen LogP contribution < -0.4 is 19.5 Å². The predicted octanol–water partition coefficient (Wildman–Crippen LogP) is 5.42. The fourth-order valence-corrected chi connectivity index (χ4v) is 7.08. The summed E-state index contributed by atoms with van der Waals surface area (Å²) in [4.78, 5) is 0. The zero-order chi connectivity index (χ0) is 20.7. The average molecular weight is 402 g/mol. The summed E-state index contributed by atoms with van der Waals surface area (Å²) in [6.45, 7) is 11.1. The van der Waals surface area contributed by atoms with E-state index in [1.165, 1.54) is 5.30 Å². The van der Waals surface area contributed by atoms with Crippen LogP contribution in [0.15, 0.2) is 36.4 Å². The minimum atomic E-state index is -0.697. The summed E-state index contributed by atoms with van der Waals surface area (Å²) in [5, 5.41) is 1.29. The molecule has 3 rings (SSSR count). The number of hydrogen-bond donors (Lipinski definition) is 0. The molecule has 0 spiro atoms. The van der Waals surface area contributed by atoms with Crippen LogP contribution in [0.2, 0.25) is 0 Å². The maximum Gasteiger partial charge on any atom is 0.150 e.